The fourth-order valence-corrected chi connectivity index (χ4v) is 3.80. The molecule has 114 valence electrons. The van der Waals surface area contributed by atoms with Crippen LogP contribution in [0.2, 0.25) is 0 Å². The molecule has 0 aliphatic carbocycles. The van der Waals surface area contributed by atoms with Gasteiger partial charge in [0.15, 0.2) is 0 Å². The summed E-state index contributed by atoms with van der Waals surface area (Å²) in [6, 6.07) is 0. The summed E-state index contributed by atoms with van der Waals surface area (Å²) in [7, 11) is 0. The van der Waals surface area contributed by atoms with Crippen molar-refractivity contribution in [2.45, 2.75) is 13.8 Å². The lowest BCUT2D eigenvalue weighted by molar-refractivity contribution is 0.0618. The van der Waals surface area contributed by atoms with Crippen LogP contribution in [0, 0.1) is 13.8 Å². The number of nitrogens with zero attached hydrogens (tertiary/aromatic N) is 5. The average molecular weight is 309 g/mol. The van der Waals surface area contributed by atoms with Crippen molar-refractivity contribution < 1.29 is 9.90 Å². The molecule has 1 amide bonds. The van der Waals surface area contributed by atoms with E-state index in [1.54, 1.807) is 0 Å². The molecule has 7 nitrogen and oxygen atoms in total. The quantitative estimate of drug-likeness (QED) is 0.874. The fraction of sp³-hybridized carbons (Fsp3) is 0.615. The third kappa shape index (κ3) is 2.54. The Morgan fingerprint density at radius 1 is 1.24 bits per heavy atom. The Morgan fingerprint density at radius 2 is 1.95 bits per heavy atom. The molecule has 21 heavy (non-hydrogen) atoms. The van der Waals surface area contributed by atoms with Crippen LogP contribution in [0.5, 0.6) is 0 Å². The summed E-state index contributed by atoms with van der Waals surface area (Å²) in [6.45, 7) is 7.71. The minimum absolute atomic E-state index is 0.0750. The van der Waals surface area contributed by atoms with E-state index in [1.807, 2.05) is 23.1 Å². The molecule has 0 saturated carbocycles. The summed E-state index contributed by atoms with van der Waals surface area (Å²) in [5, 5.41) is 17.1. The first kappa shape index (κ1) is 14.4. The van der Waals surface area contributed by atoms with Crippen LogP contribution in [-0.4, -0.2) is 74.7 Å². The first-order valence-electron chi connectivity index (χ1n) is 7.05. The Balaban J connectivity index is 1.77. The normalized spacial score (nSPS) is 16.8. The lowest BCUT2D eigenvalue weighted by Gasteiger charge is -2.34. The SMILES string of the molecule is Cc1nnc2sc(C(=O)N3CCN(CCO)CC3)c(C)n12. The van der Waals surface area contributed by atoms with E-state index in [4.69, 9.17) is 5.11 Å². The van der Waals surface area contributed by atoms with E-state index in [0.717, 1.165) is 34.4 Å². The number of aromatic nitrogens is 3. The van der Waals surface area contributed by atoms with E-state index in [-0.39, 0.29) is 12.5 Å². The number of aliphatic hydroxyl groups is 1. The number of hydrogen-bond acceptors (Lipinski definition) is 6. The maximum Gasteiger partial charge on any atom is 0.265 e. The van der Waals surface area contributed by atoms with Crippen molar-refractivity contribution in [1.29, 1.82) is 0 Å². The molecule has 0 spiro atoms. The van der Waals surface area contributed by atoms with Crippen LogP contribution in [0.3, 0.4) is 0 Å². The van der Waals surface area contributed by atoms with Crippen molar-refractivity contribution in [3.8, 4) is 0 Å². The lowest BCUT2D eigenvalue weighted by atomic mass is 10.2. The van der Waals surface area contributed by atoms with Gasteiger partial charge in [-0.05, 0) is 13.8 Å². The molecular formula is C13H19N5O2S. The molecule has 8 heteroatoms. The number of carbonyl (C=O) groups excluding carboxylic acids is 1. The van der Waals surface area contributed by atoms with Gasteiger partial charge in [0.25, 0.3) is 5.91 Å². The Kier molecular flexibility index (Phi) is 3.92. The highest BCUT2D eigenvalue weighted by Gasteiger charge is 2.26. The van der Waals surface area contributed by atoms with Gasteiger partial charge in [0.1, 0.15) is 10.7 Å². The molecule has 2 aromatic rings. The lowest BCUT2D eigenvalue weighted by Crippen LogP contribution is -2.49. The third-order valence-corrected chi connectivity index (χ3v) is 5.04. The number of amides is 1. The van der Waals surface area contributed by atoms with Crippen LogP contribution in [0.15, 0.2) is 0 Å². The van der Waals surface area contributed by atoms with E-state index in [9.17, 15) is 4.79 Å². The van der Waals surface area contributed by atoms with E-state index in [0.29, 0.717) is 19.6 Å². The first-order chi connectivity index (χ1) is 10.1. The number of hydrogen-bond donors (Lipinski definition) is 1. The number of aryl methyl sites for hydroxylation is 2. The average Bonchev–Trinajstić information content (AvgIpc) is 3.01. The van der Waals surface area contributed by atoms with Crippen molar-refractivity contribution in [3.05, 3.63) is 16.4 Å². The zero-order valence-electron chi connectivity index (χ0n) is 12.2. The highest BCUT2D eigenvalue weighted by atomic mass is 32.1. The number of rotatable bonds is 3. The number of aliphatic hydroxyl groups excluding tert-OH is 1. The van der Waals surface area contributed by atoms with Gasteiger partial charge < -0.3 is 10.0 Å². The summed E-state index contributed by atoms with van der Waals surface area (Å²) in [4.78, 5) is 18.2. The van der Waals surface area contributed by atoms with Crippen LogP contribution < -0.4 is 0 Å². The van der Waals surface area contributed by atoms with Gasteiger partial charge in [0, 0.05) is 38.4 Å². The van der Waals surface area contributed by atoms with Crippen LogP contribution in [-0.2, 0) is 0 Å². The Hall–Kier alpha value is -1.51. The fourth-order valence-electron chi connectivity index (χ4n) is 2.72. The molecule has 1 aliphatic heterocycles. The number of thiazole rings is 1. The van der Waals surface area contributed by atoms with Crippen molar-refractivity contribution in [3.63, 3.8) is 0 Å². The molecule has 1 aliphatic rings. The van der Waals surface area contributed by atoms with Gasteiger partial charge in [0.2, 0.25) is 4.96 Å². The third-order valence-electron chi connectivity index (χ3n) is 3.92. The van der Waals surface area contributed by atoms with E-state index in [1.165, 1.54) is 11.3 Å². The smallest absolute Gasteiger partial charge is 0.265 e. The molecule has 2 aromatic heterocycles. The van der Waals surface area contributed by atoms with Crippen LogP contribution in [0.25, 0.3) is 4.96 Å². The molecule has 1 saturated heterocycles. The van der Waals surface area contributed by atoms with E-state index >= 15 is 0 Å². The largest absolute Gasteiger partial charge is 0.395 e. The van der Waals surface area contributed by atoms with Gasteiger partial charge in [-0.25, -0.2) is 0 Å². The molecule has 0 bridgehead atoms. The van der Waals surface area contributed by atoms with E-state index in [2.05, 4.69) is 15.1 Å². The monoisotopic (exact) mass is 309 g/mol. The summed E-state index contributed by atoms with van der Waals surface area (Å²) in [5.74, 6) is 0.886. The van der Waals surface area contributed by atoms with Crippen molar-refractivity contribution in [2.75, 3.05) is 39.3 Å². The van der Waals surface area contributed by atoms with Gasteiger partial charge in [-0.1, -0.05) is 11.3 Å². The van der Waals surface area contributed by atoms with Crippen LogP contribution >= 0.6 is 11.3 Å². The maximum absolute atomic E-state index is 12.7. The molecule has 0 atom stereocenters. The minimum atomic E-state index is 0.0750. The predicted octanol–water partition coefficient (Wildman–Crippen LogP) is 0.158. The second-order valence-electron chi connectivity index (χ2n) is 5.24. The molecule has 0 unspecified atom stereocenters. The molecular weight excluding hydrogens is 290 g/mol. The molecule has 3 heterocycles. The highest BCUT2D eigenvalue weighted by molar-refractivity contribution is 7.19. The number of piperazine rings is 1. The van der Waals surface area contributed by atoms with Gasteiger partial charge >= 0.3 is 0 Å². The molecule has 0 aromatic carbocycles. The Labute approximate surface area is 126 Å². The second-order valence-corrected chi connectivity index (χ2v) is 6.22. The molecule has 1 N–H and O–H groups in total. The Bertz CT molecular complexity index is 657. The van der Waals surface area contributed by atoms with Crippen LogP contribution in [0.4, 0.5) is 0 Å². The number of β-amino-alcohol motifs (C(OH)–C–C–N with tert-alkyl or cyclic N) is 1. The maximum atomic E-state index is 12.7. The van der Waals surface area contributed by atoms with E-state index < -0.39 is 0 Å². The van der Waals surface area contributed by atoms with Gasteiger partial charge in [-0.3, -0.25) is 14.1 Å². The summed E-state index contributed by atoms with van der Waals surface area (Å²) >= 11 is 1.40. The number of fused-ring (bicyclic) bond motifs is 1. The van der Waals surface area contributed by atoms with Gasteiger partial charge in [0.05, 0.1) is 6.61 Å². The first-order valence-corrected chi connectivity index (χ1v) is 7.87. The topological polar surface area (TPSA) is 74.0 Å². The molecule has 0 radical (unpaired) electrons. The minimum Gasteiger partial charge on any atom is -0.395 e. The second kappa shape index (κ2) is 5.70. The van der Waals surface area contributed by atoms with Gasteiger partial charge in [-0.2, -0.15) is 0 Å². The van der Waals surface area contributed by atoms with Crippen molar-refractivity contribution in [2.24, 2.45) is 0 Å². The molecule has 1 fully saturated rings. The zero-order valence-corrected chi connectivity index (χ0v) is 13.1. The Morgan fingerprint density at radius 3 is 2.57 bits per heavy atom. The zero-order chi connectivity index (χ0) is 15.0. The summed E-state index contributed by atoms with van der Waals surface area (Å²) in [5.41, 5.74) is 0.917. The summed E-state index contributed by atoms with van der Waals surface area (Å²) in [6.07, 6.45) is 0. The predicted molar refractivity (Wildman–Crippen MR) is 79.8 cm³/mol. The van der Waals surface area contributed by atoms with Crippen LogP contribution in [0.1, 0.15) is 21.2 Å². The van der Waals surface area contributed by atoms with Crippen molar-refractivity contribution >= 4 is 22.2 Å². The summed E-state index contributed by atoms with van der Waals surface area (Å²) < 4.78 is 1.93. The number of carbonyl (C=O) groups is 1. The standard InChI is InChI=1S/C13H19N5O2S/c1-9-11(21-13-15-14-10(2)18(9)13)12(20)17-5-3-16(4-6-17)7-8-19/h19H,3-8H2,1-2H3. The highest BCUT2D eigenvalue weighted by Crippen LogP contribution is 2.24. The van der Waals surface area contributed by atoms with Crippen molar-refractivity contribution in [1.82, 2.24) is 24.4 Å². The molecule has 3 rings (SSSR count). The van der Waals surface area contributed by atoms with Gasteiger partial charge in [-0.15, -0.1) is 10.2 Å².